The van der Waals surface area contributed by atoms with Gasteiger partial charge in [0.2, 0.25) is 5.75 Å². The molecule has 1 aromatic rings. The minimum absolute atomic E-state index is 0.0163. The maximum atomic E-state index is 12.6. The lowest BCUT2D eigenvalue weighted by molar-refractivity contribution is 0.0465. The van der Waals surface area contributed by atoms with E-state index in [1.165, 1.54) is 21.3 Å². The summed E-state index contributed by atoms with van der Waals surface area (Å²) in [6.45, 7) is 5.44. The fraction of sp³-hybridized carbons (Fsp3) is 0.579. The van der Waals surface area contributed by atoms with Crippen LogP contribution < -0.4 is 24.8 Å². The maximum Gasteiger partial charge on any atom is 0.407 e. The topological polar surface area (TPSA) is 95.1 Å². The van der Waals surface area contributed by atoms with E-state index in [9.17, 15) is 9.59 Å². The Morgan fingerprint density at radius 1 is 0.926 bits per heavy atom. The van der Waals surface area contributed by atoms with Crippen molar-refractivity contribution in [2.24, 2.45) is 0 Å². The number of alkyl carbamates (subject to hydrolysis) is 1. The van der Waals surface area contributed by atoms with Crippen molar-refractivity contribution in [2.75, 3.05) is 21.3 Å². The third-order valence-corrected chi connectivity index (χ3v) is 4.14. The van der Waals surface area contributed by atoms with Crippen molar-refractivity contribution in [1.29, 1.82) is 0 Å². The molecule has 1 saturated carbocycles. The molecule has 150 valence electrons. The molecule has 2 N–H and O–H groups in total. The number of carbonyl (C=O) groups excluding carboxylic acids is 2. The number of nitrogens with one attached hydrogen (secondary N) is 2. The van der Waals surface area contributed by atoms with Crippen LogP contribution in [0.25, 0.3) is 0 Å². The van der Waals surface area contributed by atoms with Gasteiger partial charge >= 0.3 is 6.09 Å². The number of benzene rings is 1. The second kappa shape index (κ2) is 8.37. The van der Waals surface area contributed by atoms with Gasteiger partial charge in [0, 0.05) is 12.1 Å². The number of carbonyl (C=O) groups is 2. The fourth-order valence-electron chi connectivity index (χ4n) is 2.87. The molecule has 1 aliphatic carbocycles. The molecule has 27 heavy (non-hydrogen) atoms. The largest absolute Gasteiger partial charge is 0.493 e. The molecule has 0 radical (unpaired) electrons. The van der Waals surface area contributed by atoms with E-state index in [4.69, 9.17) is 18.9 Å². The first-order chi connectivity index (χ1) is 12.7. The summed E-state index contributed by atoms with van der Waals surface area (Å²) in [5, 5.41) is 5.74. The highest BCUT2D eigenvalue weighted by molar-refractivity contribution is 5.98. The van der Waals surface area contributed by atoms with E-state index in [1.54, 1.807) is 12.1 Å². The predicted molar refractivity (Wildman–Crippen MR) is 99.7 cm³/mol. The van der Waals surface area contributed by atoms with Gasteiger partial charge in [0.15, 0.2) is 11.5 Å². The van der Waals surface area contributed by atoms with Crippen molar-refractivity contribution in [2.45, 2.75) is 51.3 Å². The van der Waals surface area contributed by atoms with Crippen LogP contribution in [0.5, 0.6) is 17.2 Å². The Morgan fingerprint density at radius 2 is 1.52 bits per heavy atom. The van der Waals surface area contributed by atoms with Crippen LogP contribution in [0, 0.1) is 0 Å². The monoisotopic (exact) mass is 380 g/mol. The average molecular weight is 380 g/mol. The van der Waals surface area contributed by atoms with Gasteiger partial charge in [-0.2, -0.15) is 0 Å². The van der Waals surface area contributed by atoms with Gasteiger partial charge in [-0.25, -0.2) is 4.79 Å². The lowest BCUT2D eigenvalue weighted by Gasteiger charge is -2.36. The number of rotatable bonds is 6. The van der Waals surface area contributed by atoms with Crippen LogP contribution in [-0.4, -0.2) is 51.0 Å². The summed E-state index contributed by atoms with van der Waals surface area (Å²) in [6, 6.07) is 3.24. The maximum absolute atomic E-state index is 12.6. The number of hydrogen-bond donors (Lipinski definition) is 2. The highest BCUT2D eigenvalue weighted by Crippen LogP contribution is 2.39. The zero-order valence-electron chi connectivity index (χ0n) is 16.7. The molecule has 1 aliphatic rings. The summed E-state index contributed by atoms with van der Waals surface area (Å²) in [4.78, 5) is 24.4. The van der Waals surface area contributed by atoms with E-state index in [0.29, 0.717) is 35.7 Å². The second-order valence-electron chi connectivity index (χ2n) is 7.37. The SMILES string of the molecule is COc1ccc(C(=O)NC2CC(NC(=O)OC(C)(C)C)C2)c(OC)c1OC. The molecular formula is C19H28N2O6. The zero-order valence-corrected chi connectivity index (χ0v) is 16.7. The summed E-state index contributed by atoms with van der Waals surface area (Å²) in [6.07, 6.45) is 0.833. The number of hydrogen-bond acceptors (Lipinski definition) is 6. The Bertz CT molecular complexity index is 692. The first kappa shape index (κ1) is 20.7. The van der Waals surface area contributed by atoms with Crippen LogP contribution in [0.3, 0.4) is 0 Å². The van der Waals surface area contributed by atoms with Crippen LogP contribution in [0.2, 0.25) is 0 Å². The summed E-state index contributed by atoms with van der Waals surface area (Å²) >= 11 is 0. The van der Waals surface area contributed by atoms with Crippen LogP contribution in [0.15, 0.2) is 12.1 Å². The lowest BCUT2D eigenvalue weighted by Crippen LogP contribution is -2.54. The third-order valence-electron chi connectivity index (χ3n) is 4.14. The molecular weight excluding hydrogens is 352 g/mol. The Labute approximate surface area is 159 Å². The molecule has 0 aromatic heterocycles. The molecule has 0 bridgehead atoms. The lowest BCUT2D eigenvalue weighted by atomic mass is 9.86. The predicted octanol–water partition coefficient (Wildman–Crippen LogP) is 2.50. The minimum atomic E-state index is -0.536. The first-order valence-electron chi connectivity index (χ1n) is 8.77. The Kier molecular flexibility index (Phi) is 6.41. The molecule has 0 aliphatic heterocycles. The average Bonchev–Trinajstić information content (AvgIpc) is 2.56. The zero-order chi connectivity index (χ0) is 20.2. The van der Waals surface area contributed by atoms with Gasteiger partial charge in [0.05, 0.1) is 26.9 Å². The quantitative estimate of drug-likeness (QED) is 0.787. The van der Waals surface area contributed by atoms with Gasteiger partial charge in [-0.05, 0) is 45.7 Å². The Hall–Kier alpha value is -2.64. The van der Waals surface area contributed by atoms with Crippen molar-refractivity contribution in [1.82, 2.24) is 10.6 Å². The first-order valence-corrected chi connectivity index (χ1v) is 8.77. The Balaban J connectivity index is 1.93. The van der Waals surface area contributed by atoms with Gasteiger partial charge in [0.1, 0.15) is 5.60 Å². The highest BCUT2D eigenvalue weighted by Gasteiger charge is 2.33. The molecule has 0 spiro atoms. The van der Waals surface area contributed by atoms with Gasteiger partial charge in [-0.1, -0.05) is 0 Å². The second-order valence-corrected chi connectivity index (χ2v) is 7.37. The van der Waals surface area contributed by atoms with Crippen LogP contribution in [-0.2, 0) is 4.74 Å². The molecule has 2 amide bonds. The van der Waals surface area contributed by atoms with Crippen LogP contribution in [0.4, 0.5) is 4.79 Å². The summed E-state index contributed by atoms with van der Waals surface area (Å²) < 4.78 is 21.1. The van der Waals surface area contributed by atoms with Gasteiger partial charge < -0.3 is 29.6 Å². The smallest absolute Gasteiger partial charge is 0.407 e. The van der Waals surface area contributed by atoms with E-state index in [1.807, 2.05) is 20.8 Å². The number of amides is 2. The van der Waals surface area contributed by atoms with Gasteiger partial charge in [-0.3, -0.25) is 4.79 Å². The number of ether oxygens (including phenoxy) is 4. The van der Waals surface area contributed by atoms with Crippen LogP contribution in [0.1, 0.15) is 44.0 Å². The van der Waals surface area contributed by atoms with Crippen molar-refractivity contribution < 1.29 is 28.5 Å². The molecule has 1 aromatic carbocycles. The summed E-state index contributed by atoms with van der Waals surface area (Å²) in [7, 11) is 4.47. The van der Waals surface area contributed by atoms with Gasteiger partial charge in [-0.15, -0.1) is 0 Å². The van der Waals surface area contributed by atoms with E-state index in [2.05, 4.69) is 10.6 Å². The molecule has 0 saturated heterocycles. The number of methoxy groups -OCH3 is 3. The molecule has 0 atom stereocenters. The van der Waals surface area contributed by atoms with Crippen molar-refractivity contribution in [3.63, 3.8) is 0 Å². The van der Waals surface area contributed by atoms with Crippen molar-refractivity contribution in [3.05, 3.63) is 17.7 Å². The van der Waals surface area contributed by atoms with E-state index < -0.39 is 11.7 Å². The fourth-order valence-corrected chi connectivity index (χ4v) is 2.87. The molecule has 0 unspecified atom stereocenters. The normalized spacial score (nSPS) is 18.7. The summed E-state index contributed by atoms with van der Waals surface area (Å²) in [5.41, 5.74) is -0.176. The summed E-state index contributed by atoms with van der Waals surface area (Å²) in [5.74, 6) is 0.896. The highest BCUT2D eigenvalue weighted by atomic mass is 16.6. The van der Waals surface area contributed by atoms with Crippen LogP contribution >= 0.6 is 0 Å². The minimum Gasteiger partial charge on any atom is -0.493 e. The van der Waals surface area contributed by atoms with E-state index >= 15 is 0 Å². The van der Waals surface area contributed by atoms with E-state index in [0.717, 1.165) is 0 Å². The van der Waals surface area contributed by atoms with E-state index in [-0.39, 0.29) is 18.0 Å². The Morgan fingerprint density at radius 3 is 2.04 bits per heavy atom. The van der Waals surface area contributed by atoms with Crippen molar-refractivity contribution in [3.8, 4) is 17.2 Å². The van der Waals surface area contributed by atoms with Crippen molar-refractivity contribution >= 4 is 12.0 Å². The molecule has 0 heterocycles. The molecule has 8 heteroatoms. The molecule has 2 rings (SSSR count). The standard InChI is InChI=1S/C19H28N2O6/c1-19(2,3)27-18(23)21-12-9-11(10-12)20-17(22)13-7-8-14(24-4)16(26-6)15(13)25-5/h7-8,11-12H,9-10H2,1-6H3,(H,20,22)(H,21,23). The third kappa shape index (κ3) is 5.18. The van der Waals surface area contributed by atoms with Gasteiger partial charge in [0.25, 0.3) is 5.91 Å². The molecule has 8 nitrogen and oxygen atoms in total. The molecule has 1 fully saturated rings.